The van der Waals surface area contributed by atoms with Gasteiger partial charge in [-0.1, -0.05) is 0 Å². The minimum absolute atomic E-state index is 0.232. The maximum absolute atomic E-state index is 7.19. The van der Waals surface area contributed by atoms with Crippen molar-refractivity contribution in [1.82, 2.24) is 5.73 Å². The molecule has 2 nitrogen and oxygen atoms in total. The van der Waals surface area contributed by atoms with E-state index < -0.39 is 0 Å². The highest BCUT2D eigenvalue weighted by atomic mass is 16.5. The quantitative estimate of drug-likeness (QED) is 0.678. The molecule has 0 atom stereocenters. The van der Waals surface area contributed by atoms with E-state index in [9.17, 15) is 0 Å². The van der Waals surface area contributed by atoms with E-state index in [1.807, 2.05) is 0 Å². The van der Waals surface area contributed by atoms with Crippen molar-refractivity contribution in [3.05, 3.63) is 0 Å². The first-order valence-electron chi connectivity index (χ1n) is 6.08. The molecule has 4 aliphatic carbocycles. The average Bonchev–Trinajstić information content (AvgIpc) is 2.12. The third kappa shape index (κ3) is 1.40. The van der Waals surface area contributed by atoms with Gasteiger partial charge in [-0.15, -0.1) is 0 Å². The fourth-order valence-electron chi connectivity index (χ4n) is 4.48. The SMILES string of the molecule is [NH]CCOC12CC3CC(CC(C3)C1)C2. The molecule has 14 heavy (non-hydrogen) atoms. The first kappa shape index (κ1) is 9.17. The standard InChI is InChI=1S/C12H20NO/c13-1-2-14-12-6-9-3-10(7-12)5-11(4-9)8-12/h9-11,13H,1-8H2. The zero-order chi connectivity index (χ0) is 9.60. The summed E-state index contributed by atoms with van der Waals surface area (Å²) >= 11 is 0. The molecule has 0 aromatic rings. The van der Waals surface area contributed by atoms with Crippen molar-refractivity contribution in [3.63, 3.8) is 0 Å². The van der Waals surface area contributed by atoms with Gasteiger partial charge in [0.05, 0.1) is 12.2 Å². The second-order valence-electron chi connectivity index (χ2n) is 5.70. The van der Waals surface area contributed by atoms with E-state index in [1.165, 1.54) is 38.5 Å². The maximum Gasteiger partial charge on any atom is 0.0691 e. The Labute approximate surface area is 86.2 Å². The maximum atomic E-state index is 7.19. The summed E-state index contributed by atoms with van der Waals surface area (Å²) in [6, 6.07) is 0. The molecule has 2 heteroatoms. The van der Waals surface area contributed by atoms with Crippen molar-refractivity contribution < 1.29 is 4.74 Å². The smallest absolute Gasteiger partial charge is 0.0691 e. The lowest BCUT2D eigenvalue weighted by molar-refractivity contribution is -0.160. The lowest BCUT2D eigenvalue weighted by Crippen LogP contribution is -2.52. The lowest BCUT2D eigenvalue weighted by Gasteiger charge is -2.56. The van der Waals surface area contributed by atoms with E-state index in [2.05, 4.69) is 0 Å². The Kier molecular flexibility index (Phi) is 2.10. The van der Waals surface area contributed by atoms with Crippen molar-refractivity contribution in [2.24, 2.45) is 17.8 Å². The van der Waals surface area contributed by atoms with Gasteiger partial charge in [0.15, 0.2) is 0 Å². The van der Waals surface area contributed by atoms with Crippen molar-refractivity contribution in [2.75, 3.05) is 13.2 Å². The van der Waals surface area contributed by atoms with Crippen LogP contribution in [0.1, 0.15) is 38.5 Å². The fraction of sp³-hybridized carbons (Fsp3) is 1.00. The minimum atomic E-state index is 0.232. The highest BCUT2D eigenvalue weighted by Crippen LogP contribution is 2.56. The molecular formula is C12H20NO. The number of rotatable bonds is 3. The van der Waals surface area contributed by atoms with E-state index in [4.69, 9.17) is 10.5 Å². The summed E-state index contributed by atoms with van der Waals surface area (Å²) in [7, 11) is 0. The highest BCUT2D eigenvalue weighted by molar-refractivity contribution is 5.03. The molecule has 0 aromatic heterocycles. The predicted octanol–water partition coefficient (Wildman–Crippen LogP) is 2.25. The molecule has 1 radical (unpaired) electrons. The zero-order valence-corrected chi connectivity index (χ0v) is 8.80. The Balaban J connectivity index is 1.74. The Morgan fingerprint density at radius 3 is 1.93 bits per heavy atom. The zero-order valence-electron chi connectivity index (χ0n) is 8.80. The molecule has 1 N–H and O–H groups in total. The Morgan fingerprint density at radius 2 is 1.50 bits per heavy atom. The topological polar surface area (TPSA) is 33.0 Å². The van der Waals surface area contributed by atoms with Gasteiger partial charge >= 0.3 is 0 Å². The van der Waals surface area contributed by atoms with E-state index in [-0.39, 0.29) is 5.60 Å². The molecule has 4 aliphatic rings. The molecule has 4 rings (SSSR count). The first-order chi connectivity index (χ1) is 6.80. The van der Waals surface area contributed by atoms with E-state index >= 15 is 0 Å². The van der Waals surface area contributed by atoms with Crippen LogP contribution in [0, 0.1) is 17.8 Å². The van der Waals surface area contributed by atoms with Gasteiger partial charge in [0.1, 0.15) is 0 Å². The van der Waals surface area contributed by atoms with Crippen LogP contribution in [0.15, 0.2) is 0 Å². The molecule has 0 saturated heterocycles. The third-order valence-corrected chi connectivity index (χ3v) is 4.49. The summed E-state index contributed by atoms with van der Waals surface area (Å²) in [5.74, 6) is 2.89. The van der Waals surface area contributed by atoms with Crippen molar-refractivity contribution in [2.45, 2.75) is 44.1 Å². The molecule has 0 aromatic carbocycles. The number of nitrogens with one attached hydrogen (secondary N) is 1. The summed E-state index contributed by atoms with van der Waals surface area (Å²) in [5.41, 5.74) is 7.42. The molecule has 0 spiro atoms. The molecule has 4 bridgehead atoms. The van der Waals surface area contributed by atoms with E-state index in [1.54, 1.807) is 0 Å². The van der Waals surface area contributed by atoms with Gasteiger partial charge in [-0.3, -0.25) is 5.73 Å². The number of ether oxygens (including phenoxy) is 1. The highest BCUT2D eigenvalue weighted by Gasteiger charge is 2.51. The van der Waals surface area contributed by atoms with Gasteiger partial charge in [0.25, 0.3) is 0 Å². The van der Waals surface area contributed by atoms with Crippen LogP contribution in [-0.2, 0) is 4.74 Å². The molecule has 0 aliphatic heterocycles. The van der Waals surface area contributed by atoms with Gasteiger partial charge in [0, 0.05) is 6.54 Å². The molecule has 0 heterocycles. The first-order valence-corrected chi connectivity index (χ1v) is 6.08. The van der Waals surface area contributed by atoms with Gasteiger partial charge in [-0.2, -0.15) is 0 Å². The fourth-order valence-corrected chi connectivity index (χ4v) is 4.48. The van der Waals surface area contributed by atoms with E-state index in [0.29, 0.717) is 13.2 Å². The molecule has 0 amide bonds. The predicted molar refractivity (Wildman–Crippen MR) is 54.8 cm³/mol. The second-order valence-corrected chi connectivity index (χ2v) is 5.70. The van der Waals surface area contributed by atoms with Crippen LogP contribution in [0.5, 0.6) is 0 Å². The van der Waals surface area contributed by atoms with Crippen LogP contribution in [-0.4, -0.2) is 18.8 Å². The van der Waals surface area contributed by atoms with Gasteiger partial charge < -0.3 is 4.74 Å². The molecule has 4 saturated carbocycles. The average molecular weight is 194 g/mol. The van der Waals surface area contributed by atoms with Crippen LogP contribution in [0.3, 0.4) is 0 Å². The van der Waals surface area contributed by atoms with E-state index in [0.717, 1.165) is 17.8 Å². The van der Waals surface area contributed by atoms with Crippen LogP contribution < -0.4 is 5.73 Å². The lowest BCUT2D eigenvalue weighted by atomic mass is 9.54. The second kappa shape index (κ2) is 3.21. The monoisotopic (exact) mass is 194 g/mol. The van der Waals surface area contributed by atoms with Crippen molar-refractivity contribution in [3.8, 4) is 0 Å². The van der Waals surface area contributed by atoms with Gasteiger partial charge in [-0.25, -0.2) is 0 Å². The number of hydrogen-bond acceptors (Lipinski definition) is 1. The van der Waals surface area contributed by atoms with Crippen molar-refractivity contribution in [1.29, 1.82) is 0 Å². The Bertz CT molecular complexity index is 191. The normalized spacial score (nSPS) is 49.9. The van der Waals surface area contributed by atoms with Gasteiger partial charge in [-0.05, 0) is 56.3 Å². The largest absolute Gasteiger partial charge is 0.374 e. The summed E-state index contributed by atoms with van der Waals surface area (Å²) in [6.07, 6.45) is 8.34. The Morgan fingerprint density at radius 1 is 1.00 bits per heavy atom. The van der Waals surface area contributed by atoms with Crippen molar-refractivity contribution >= 4 is 0 Å². The van der Waals surface area contributed by atoms with Crippen LogP contribution in [0.2, 0.25) is 0 Å². The third-order valence-electron chi connectivity index (χ3n) is 4.49. The van der Waals surface area contributed by atoms with Crippen LogP contribution in [0.4, 0.5) is 0 Å². The summed E-state index contributed by atoms with van der Waals surface area (Å²) in [4.78, 5) is 0. The Hall–Kier alpha value is -0.0800. The van der Waals surface area contributed by atoms with Crippen LogP contribution in [0.25, 0.3) is 0 Å². The summed E-state index contributed by atoms with van der Waals surface area (Å²) in [6.45, 7) is 1.09. The molecular weight excluding hydrogens is 174 g/mol. The molecule has 0 unspecified atom stereocenters. The van der Waals surface area contributed by atoms with Gasteiger partial charge in [0.2, 0.25) is 0 Å². The van der Waals surface area contributed by atoms with Crippen LogP contribution >= 0.6 is 0 Å². The molecule has 4 fully saturated rings. The summed E-state index contributed by atoms with van der Waals surface area (Å²) < 4.78 is 6.00. The molecule has 79 valence electrons. The minimum Gasteiger partial charge on any atom is -0.374 e. The number of hydrogen-bond donors (Lipinski definition) is 0. The summed E-state index contributed by atoms with van der Waals surface area (Å²) in [5, 5.41) is 0.